The van der Waals surface area contributed by atoms with E-state index in [-0.39, 0.29) is 17.2 Å². The van der Waals surface area contributed by atoms with E-state index < -0.39 is 27.8 Å². The maximum Gasteiger partial charge on any atom is 0.241 e. The van der Waals surface area contributed by atoms with Crippen LogP contribution < -0.4 is 15.6 Å². The predicted molar refractivity (Wildman–Crippen MR) is 109 cm³/mol. The van der Waals surface area contributed by atoms with Gasteiger partial charge in [0, 0.05) is 5.56 Å². The van der Waals surface area contributed by atoms with E-state index in [9.17, 15) is 23.1 Å². The largest absolute Gasteiger partial charge is 0.542 e. The summed E-state index contributed by atoms with van der Waals surface area (Å²) in [5.41, 5.74) is 6.24. The summed E-state index contributed by atoms with van der Waals surface area (Å²) in [5, 5.41) is 20.1. The Hall–Kier alpha value is -3.56. The second-order valence-corrected chi connectivity index (χ2v) is 8.37. The van der Waals surface area contributed by atoms with Gasteiger partial charge in [0.2, 0.25) is 10.0 Å². The van der Waals surface area contributed by atoms with Crippen molar-refractivity contribution in [3.05, 3.63) is 77.9 Å². The van der Waals surface area contributed by atoms with Crippen LogP contribution in [0, 0.1) is 5.41 Å². The number of nitrogens with one attached hydrogen (secondary N) is 2. The van der Waals surface area contributed by atoms with Gasteiger partial charge >= 0.3 is 0 Å². The summed E-state index contributed by atoms with van der Waals surface area (Å²) in [6.45, 7) is 0. The molecule has 0 aliphatic rings. The number of benzene rings is 3. The fourth-order valence-corrected chi connectivity index (χ4v) is 4.25. The minimum absolute atomic E-state index is 0.102. The Bertz CT molecular complexity index is 1250. The Kier molecular flexibility index (Phi) is 5.95. The van der Waals surface area contributed by atoms with Crippen molar-refractivity contribution in [3.63, 3.8) is 0 Å². The predicted octanol–water partition coefficient (Wildman–Crippen LogP) is 0.332. The number of nitrogen functional groups attached to an aromatic ring is 1. The van der Waals surface area contributed by atoms with E-state index in [1.807, 2.05) is 12.1 Å². The molecule has 0 aromatic heterocycles. The number of amidine groups is 1. The summed E-state index contributed by atoms with van der Waals surface area (Å²) >= 11 is 0. The fraction of sp³-hybridized carbons (Fsp3) is 0.0952. The number of carboxylic acid groups (broad SMARTS) is 1. The molecule has 0 radical (unpaired) electrons. The van der Waals surface area contributed by atoms with Crippen molar-refractivity contribution >= 4 is 38.4 Å². The maximum absolute atomic E-state index is 12.8. The van der Waals surface area contributed by atoms with Crippen LogP contribution >= 0.6 is 0 Å². The van der Waals surface area contributed by atoms with Crippen LogP contribution in [-0.4, -0.2) is 32.0 Å². The normalized spacial score (nSPS) is 12.4. The van der Waals surface area contributed by atoms with Crippen LogP contribution in [0.2, 0.25) is 0 Å². The van der Waals surface area contributed by atoms with Crippen molar-refractivity contribution in [2.45, 2.75) is 17.4 Å². The quantitative estimate of drug-likeness (QED) is 0.269. The topological polar surface area (TPSA) is 153 Å². The highest BCUT2D eigenvalue weighted by molar-refractivity contribution is 7.89. The van der Waals surface area contributed by atoms with Crippen LogP contribution in [0.5, 0.6) is 0 Å². The van der Waals surface area contributed by atoms with E-state index in [2.05, 4.69) is 4.72 Å². The number of Topliss-reactive ketones (excluding diaryl/α,β-unsaturated/α-hetero) is 1. The Labute approximate surface area is 172 Å². The number of hydrogen-bond acceptors (Lipinski definition) is 6. The van der Waals surface area contributed by atoms with Crippen molar-refractivity contribution in [3.8, 4) is 0 Å². The summed E-state index contributed by atoms with van der Waals surface area (Å²) in [5.74, 6) is -3.60. The van der Waals surface area contributed by atoms with Crippen molar-refractivity contribution in [2.24, 2.45) is 5.73 Å². The molecule has 3 aromatic carbocycles. The van der Waals surface area contributed by atoms with Crippen LogP contribution in [0.15, 0.2) is 71.6 Å². The van der Waals surface area contributed by atoms with Gasteiger partial charge in [-0.3, -0.25) is 10.2 Å². The molecule has 3 rings (SSSR count). The first-order valence-electron chi connectivity index (χ1n) is 8.87. The van der Waals surface area contributed by atoms with E-state index >= 15 is 0 Å². The lowest BCUT2D eigenvalue weighted by Crippen LogP contribution is -2.49. The molecule has 0 spiro atoms. The molecule has 4 N–H and O–H groups in total. The van der Waals surface area contributed by atoms with Gasteiger partial charge in [-0.05, 0) is 41.0 Å². The van der Waals surface area contributed by atoms with E-state index in [4.69, 9.17) is 11.1 Å². The van der Waals surface area contributed by atoms with Crippen LogP contribution in [0.25, 0.3) is 10.8 Å². The first-order valence-corrected chi connectivity index (χ1v) is 10.4. The molecule has 8 nitrogen and oxygen atoms in total. The lowest BCUT2D eigenvalue weighted by atomic mass is 10.0. The molecule has 3 aromatic rings. The minimum atomic E-state index is -4.20. The highest BCUT2D eigenvalue weighted by Gasteiger charge is 2.27. The number of nitrogens with two attached hydrogens (primary N) is 1. The van der Waals surface area contributed by atoms with Crippen LogP contribution in [-0.2, 0) is 26.0 Å². The van der Waals surface area contributed by atoms with Gasteiger partial charge in [0.25, 0.3) is 0 Å². The summed E-state index contributed by atoms with van der Waals surface area (Å²) in [6, 6.07) is 16.2. The SMILES string of the molecule is N=C(N)c1cccc(CC(NS(=O)(=O)c2ccc3ccccc3c2)C(=O)C(=O)[O-])c1. The van der Waals surface area contributed by atoms with Crippen molar-refractivity contribution in [1.82, 2.24) is 4.72 Å². The second-order valence-electron chi connectivity index (χ2n) is 6.65. The summed E-state index contributed by atoms with van der Waals surface area (Å²) in [7, 11) is -4.20. The molecule has 30 heavy (non-hydrogen) atoms. The molecule has 9 heteroatoms. The average Bonchev–Trinajstić information content (AvgIpc) is 2.72. The molecule has 0 aliphatic heterocycles. The van der Waals surface area contributed by atoms with Crippen molar-refractivity contribution in [1.29, 1.82) is 5.41 Å². The molecular weight excluding hydrogens is 406 g/mol. The van der Waals surface area contributed by atoms with E-state index in [0.29, 0.717) is 16.5 Å². The number of sulfonamides is 1. The number of aliphatic carboxylic acids is 1. The zero-order valence-electron chi connectivity index (χ0n) is 15.7. The summed E-state index contributed by atoms with van der Waals surface area (Å²) in [4.78, 5) is 23.2. The van der Waals surface area contributed by atoms with Crippen LogP contribution in [0.1, 0.15) is 11.1 Å². The van der Waals surface area contributed by atoms with E-state index in [1.54, 1.807) is 36.4 Å². The van der Waals surface area contributed by atoms with Gasteiger partial charge in [-0.15, -0.1) is 0 Å². The molecule has 154 valence electrons. The molecule has 1 atom stereocenters. The molecule has 0 amide bonds. The van der Waals surface area contributed by atoms with E-state index in [1.165, 1.54) is 18.2 Å². The van der Waals surface area contributed by atoms with Crippen molar-refractivity contribution in [2.75, 3.05) is 0 Å². The number of carboxylic acids is 1. The number of ketones is 1. The average molecular weight is 424 g/mol. The Morgan fingerprint density at radius 1 is 1.00 bits per heavy atom. The molecule has 0 saturated carbocycles. The first kappa shape index (κ1) is 21.2. The molecule has 0 saturated heterocycles. The smallest absolute Gasteiger partial charge is 0.241 e. The number of carbonyl (C=O) groups is 2. The number of hydrogen-bond donors (Lipinski definition) is 3. The molecule has 0 bridgehead atoms. The number of carbonyl (C=O) groups excluding carboxylic acids is 2. The molecule has 0 fully saturated rings. The monoisotopic (exact) mass is 424 g/mol. The Morgan fingerprint density at radius 3 is 2.37 bits per heavy atom. The fourth-order valence-electron chi connectivity index (χ4n) is 3.02. The lowest BCUT2D eigenvalue weighted by Gasteiger charge is -2.19. The van der Waals surface area contributed by atoms with Gasteiger partial charge in [0.15, 0.2) is 5.78 Å². The maximum atomic E-state index is 12.8. The minimum Gasteiger partial charge on any atom is -0.542 e. The highest BCUT2D eigenvalue weighted by atomic mass is 32.2. The van der Waals surface area contributed by atoms with Crippen molar-refractivity contribution < 1.29 is 23.1 Å². The zero-order chi connectivity index (χ0) is 21.9. The Balaban J connectivity index is 1.93. The summed E-state index contributed by atoms with van der Waals surface area (Å²) in [6.07, 6.45) is -0.249. The molecule has 1 unspecified atom stereocenters. The molecule has 0 heterocycles. The van der Waals surface area contributed by atoms with E-state index in [0.717, 1.165) is 5.39 Å². The van der Waals surface area contributed by atoms with Gasteiger partial charge in [-0.25, -0.2) is 8.42 Å². The third-order valence-corrected chi connectivity index (χ3v) is 5.99. The summed E-state index contributed by atoms with van der Waals surface area (Å²) < 4.78 is 27.9. The third kappa shape index (κ3) is 4.70. The number of fused-ring (bicyclic) bond motifs is 1. The second kappa shape index (κ2) is 8.44. The Morgan fingerprint density at radius 2 is 1.70 bits per heavy atom. The first-order chi connectivity index (χ1) is 14.2. The standard InChI is InChI=1S/C21H19N3O5S/c22-20(23)16-7-3-4-13(10-16)11-18(19(25)21(26)27)24-30(28,29)17-9-8-14-5-1-2-6-15(14)12-17/h1-10,12,18,24H,11H2,(H3,22,23)(H,26,27)/p-1. The van der Waals surface area contributed by atoms with Gasteiger partial charge in [0.1, 0.15) is 11.8 Å². The van der Waals surface area contributed by atoms with Gasteiger partial charge in [0.05, 0.1) is 10.9 Å². The third-order valence-electron chi connectivity index (χ3n) is 4.52. The zero-order valence-corrected chi connectivity index (χ0v) is 16.5. The molecule has 0 aliphatic carbocycles. The molecular formula is C21H18N3O5S-. The highest BCUT2D eigenvalue weighted by Crippen LogP contribution is 2.19. The van der Waals surface area contributed by atoms with Gasteiger partial charge in [-0.2, -0.15) is 4.72 Å². The lowest BCUT2D eigenvalue weighted by molar-refractivity contribution is -0.300. The van der Waals surface area contributed by atoms with Crippen LogP contribution in [0.3, 0.4) is 0 Å². The van der Waals surface area contributed by atoms with Crippen LogP contribution in [0.4, 0.5) is 0 Å². The number of rotatable bonds is 8. The van der Waals surface area contributed by atoms with Gasteiger partial charge in [-0.1, -0.05) is 48.5 Å². The van der Waals surface area contributed by atoms with Gasteiger partial charge < -0.3 is 15.6 Å².